The van der Waals surface area contributed by atoms with Crippen molar-refractivity contribution in [1.82, 2.24) is 0 Å². The molecule has 0 radical (unpaired) electrons. The Kier molecular flexibility index (Phi) is 53.8. The summed E-state index contributed by atoms with van der Waals surface area (Å²) < 4.78 is 28.4. The molecular weight excluding hydrogens is 1070 g/mol. The normalized spacial score (nSPS) is 18.4. The van der Waals surface area contributed by atoms with Gasteiger partial charge in [0.2, 0.25) is 0 Å². The molecule has 1 saturated heterocycles. The molecular formula is C73H114O12. The Bertz CT molecular complexity index is 2030. The molecule has 6 atom stereocenters. The molecule has 0 aromatic carbocycles. The third-order valence-electron chi connectivity index (χ3n) is 13.9. The Morgan fingerprint density at radius 3 is 1.18 bits per heavy atom. The molecule has 1 aliphatic heterocycles. The van der Waals surface area contributed by atoms with Crippen molar-refractivity contribution in [2.24, 2.45) is 0 Å². The van der Waals surface area contributed by atoms with Gasteiger partial charge in [-0.25, -0.2) is 4.79 Å². The van der Waals surface area contributed by atoms with Gasteiger partial charge >= 0.3 is 23.9 Å². The Hall–Kier alpha value is -5.40. The van der Waals surface area contributed by atoms with E-state index in [4.69, 9.17) is 23.7 Å². The van der Waals surface area contributed by atoms with Crippen LogP contribution in [-0.2, 0) is 42.9 Å². The molecule has 0 saturated carbocycles. The second-order valence-electron chi connectivity index (χ2n) is 21.6. The molecule has 1 rings (SSSR count). The van der Waals surface area contributed by atoms with Crippen LogP contribution in [0.2, 0.25) is 0 Å². The molecule has 0 bridgehead atoms. The fourth-order valence-electron chi connectivity index (χ4n) is 8.94. The monoisotopic (exact) mass is 1180 g/mol. The lowest BCUT2D eigenvalue weighted by Crippen LogP contribution is -2.61. The highest BCUT2D eigenvalue weighted by Crippen LogP contribution is 2.26. The number of carboxylic acids is 1. The molecule has 12 nitrogen and oxygen atoms in total. The molecule has 12 heteroatoms. The van der Waals surface area contributed by atoms with E-state index in [1.165, 1.54) is 19.3 Å². The van der Waals surface area contributed by atoms with Gasteiger partial charge in [-0.05, 0) is 128 Å². The Labute approximate surface area is 514 Å². The standard InChI is InChI=1S/C73H114O12/c1-4-7-10-13-16-19-22-25-28-31-33-36-38-41-44-47-50-53-56-59-65(74)81-62-64(83-66(75)60-57-54-51-48-45-42-39-35-30-27-24-21-18-15-12-9-6-3)63-82-73-71(69(78)68(77)70(85-73)72(79)80)84-67(76)61-58-55-52-49-46-43-40-37-34-32-29-26-23-20-17-14-11-8-5-2/h7-8,10-11,16-21,25-30,33-34,36-37,41,44,50,53,64,68-71,73,77-78H,4-6,9,12-15,22-24,31-32,35,38-40,42-43,45-49,51-52,54-63H2,1-3H3,(H,79,80)/b10-7-,11-8-,19-16-,20-17-,21-18-,28-25-,29-26-,30-27-,36-33-,37-34-,44-41-,53-50-. The maximum atomic E-state index is 13.2. The van der Waals surface area contributed by atoms with Crippen molar-refractivity contribution < 1.29 is 58.2 Å². The van der Waals surface area contributed by atoms with Crippen molar-refractivity contribution in [3.63, 3.8) is 0 Å². The molecule has 6 unspecified atom stereocenters. The maximum Gasteiger partial charge on any atom is 0.335 e. The first-order valence-corrected chi connectivity index (χ1v) is 32.8. The Morgan fingerprint density at radius 1 is 0.400 bits per heavy atom. The third-order valence-corrected chi connectivity index (χ3v) is 13.9. The SMILES string of the molecule is CC/C=C\C/C=C\C/C=C\C/C=C\C/C=C\C/C=C\CCC(=O)OCC(COC1OC(C(=O)O)C(O)C(O)C1OC(=O)CCCCCCCC/C=C\C/C=C\C/C=C\C/C=C\CC)OC(=O)CCCCCCCCC/C=C\C/C=C\CCCCC. The highest BCUT2D eigenvalue weighted by molar-refractivity contribution is 5.74. The molecule has 1 fully saturated rings. The van der Waals surface area contributed by atoms with Crippen LogP contribution in [0.1, 0.15) is 239 Å². The summed E-state index contributed by atoms with van der Waals surface area (Å²) in [5.74, 6) is -3.28. The van der Waals surface area contributed by atoms with E-state index in [9.17, 15) is 34.5 Å². The van der Waals surface area contributed by atoms with Crippen LogP contribution in [0.3, 0.4) is 0 Å². The van der Waals surface area contributed by atoms with Crippen LogP contribution in [-0.4, -0.2) is 89.2 Å². The predicted octanol–water partition coefficient (Wildman–Crippen LogP) is 17.9. The fourth-order valence-corrected chi connectivity index (χ4v) is 8.94. The highest BCUT2D eigenvalue weighted by atomic mass is 16.7. The number of carbonyl (C=O) groups is 4. The third kappa shape index (κ3) is 48.4. The summed E-state index contributed by atoms with van der Waals surface area (Å²) >= 11 is 0. The quantitative estimate of drug-likeness (QED) is 0.0228. The van der Waals surface area contributed by atoms with Gasteiger partial charge in [0.1, 0.15) is 18.8 Å². The number of hydrogen-bond donors (Lipinski definition) is 3. The van der Waals surface area contributed by atoms with E-state index in [1.807, 2.05) is 12.2 Å². The number of esters is 3. The second kappa shape index (κ2) is 59.0. The summed E-state index contributed by atoms with van der Waals surface area (Å²) in [4.78, 5) is 51.4. The molecule has 0 aliphatic carbocycles. The van der Waals surface area contributed by atoms with Crippen molar-refractivity contribution >= 4 is 23.9 Å². The van der Waals surface area contributed by atoms with E-state index in [0.29, 0.717) is 19.3 Å². The van der Waals surface area contributed by atoms with Crippen molar-refractivity contribution in [2.45, 2.75) is 276 Å². The van der Waals surface area contributed by atoms with Crippen molar-refractivity contribution in [3.05, 3.63) is 146 Å². The number of allylic oxidation sites excluding steroid dienone is 24. The minimum absolute atomic E-state index is 0.0281. The molecule has 0 aromatic rings. The Balaban J connectivity index is 2.73. The summed E-state index contributed by atoms with van der Waals surface area (Å²) in [5.41, 5.74) is 0. The smallest absolute Gasteiger partial charge is 0.335 e. The zero-order valence-corrected chi connectivity index (χ0v) is 52.8. The Morgan fingerprint density at radius 2 is 0.765 bits per heavy atom. The molecule has 0 amide bonds. The molecule has 1 aliphatic rings. The number of rotatable bonds is 54. The number of carboxylic acid groups (broad SMARTS) is 1. The minimum atomic E-state index is -1.93. The molecule has 3 N–H and O–H groups in total. The van der Waals surface area contributed by atoms with E-state index in [1.54, 1.807) is 0 Å². The second-order valence-corrected chi connectivity index (χ2v) is 21.6. The number of aliphatic hydroxyl groups is 2. The van der Waals surface area contributed by atoms with Gasteiger partial charge in [-0.1, -0.05) is 237 Å². The van der Waals surface area contributed by atoms with Gasteiger partial charge in [-0.15, -0.1) is 0 Å². The number of hydrogen-bond acceptors (Lipinski definition) is 11. The lowest BCUT2D eigenvalue weighted by Gasteiger charge is -2.40. The summed E-state index contributed by atoms with van der Waals surface area (Å²) in [6.45, 7) is 5.67. The van der Waals surface area contributed by atoms with Crippen LogP contribution in [0.4, 0.5) is 0 Å². The summed E-state index contributed by atoms with van der Waals surface area (Å²) in [6.07, 6.45) is 72.3. The first kappa shape index (κ1) is 77.6. The maximum absolute atomic E-state index is 13.2. The van der Waals surface area contributed by atoms with E-state index in [-0.39, 0.29) is 25.9 Å². The lowest BCUT2D eigenvalue weighted by atomic mass is 9.98. The average Bonchev–Trinajstić information content (AvgIpc) is 3.51. The van der Waals surface area contributed by atoms with Gasteiger partial charge in [0.15, 0.2) is 24.6 Å². The van der Waals surface area contributed by atoms with E-state index in [0.717, 1.165) is 161 Å². The summed E-state index contributed by atoms with van der Waals surface area (Å²) in [7, 11) is 0. The van der Waals surface area contributed by atoms with Crippen LogP contribution in [0.5, 0.6) is 0 Å². The number of carbonyl (C=O) groups excluding carboxylic acids is 3. The number of aliphatic carboxylic acids is 1. The van der Waals surface area contributed by atoms with Gasteiger partial charge in [-0.2, -0.15) is 0 Å². The first-order valence-electron chi connectivity index (χ1n) is 32.8. The van der Waals surface area contributed by atoms with Gasteiger partial charge in [0.25, 0.3) is 0 Å². The van der Waals surface area contributed by atoms with Crippen molar-refractivity contribution in [1.29, 1.82) is 0 Å². The zero-order chi connectivity index (χ0) is 61.7. The number of ether oxygens (including phenoxy) is 5. The van der Waals surface area contributed by atoms with Crippen molar-refractivity contribution in [3.8, 4) is 0 Å². The lowest BCUT2D eigenvalue weighted by molar-refractivity contribution is -0.301. The van der Waals surface area contributed by atoms with Gasteiger partial charge in [-0.3, -0.25) is 14.4 Å². The molecule has 0 aromatic heterocycles. The van der Waals surface area contributed by atoms with Gasteiger partial charge < -0.3 is 39.0 Å². The molecule has 0 spiro atoms. The predicted molar refractivity (Wildman–Crippen MR) is 349 cm³/mol. The van der Waals surface area contributed by atoms with Crippen LogP contribution < -0.4 is 0 Å². The van der Waals surface area contributed by atoms with E-state index >= 15 is 0 Å². The number of aliphatic hydroxyl groups excluding tert-OH is 2. The van der Waals surface area contributed by atoms with Crippen LogP contribution >= 0.6 is 0 Å². The van der Waals surface area contributed by atoms with E-state index in [2.05, 4.69) is 154 Å². The van der Waals surface area contributed by atoms with E-state index < -0.39 is 67.3 Å². The summed E-state index contributed by atoms with van der Waals surface area (Å²) in [6, 6.07) is 0. The average molecular weight is 1180 g/mol. The number of unbranched alkanes of at least 4 members (excludes halogenated alkanes) is 16. The molecule has 478 valence electrons. The topological polar surface area (TPSA) is 175 Å². The zero-order valence-electron chi connectivity index (χ0n) is 52.8. The minimum Gasteiger partial charge on any atom is -0.479 e. The first-order chi connectivity index (χ1) is 41.6. The van der Waals surface area contributed by atoms with Crippen LogP contribution in [0.25, 0.3) is 0 Å². The largest absolute Gasteiger partial charge is 0.479 e. The van der Waals surface area contributed by atoms with Crippen LogP contribution in [0.15, 0.2) is 146 Å². The highest BCUT2D eigenvalue weighted by Gasteiger charge is 2.50. The molecule has 85 heavy (non-hydrogen) atoms. The molecule has 1 heterocycles. The van der Waals surface area contributed by atoms with Crippen molar-refractivity contribution in [2.75, 3.05) is 13.2 Å². The summed E-state index contributed by atoms with van der Waals surface area (Å²) in [5, 5.41) is 31.6. The fraction of sp³-hybridized carbons (Fsp3) is 0.616. The van der Waals surface area contributed by atoms with Crippen LogP contribution in [0, 0.1) is 0 Å². The van der Waals surface area contributed by atoms with Gasteiger partial charge in [0.05, 0.1) is 6.61 Å². The van der Waals surface area contributed by atoms with Gasteiger partial charge in [0, 0.05) is 19.3 Å².